The quantitative estimate of drug-likeness (QED) is 0.665. The van der Waals surface area contributed by atoms with Crippen LogP contribution in [-0.2, 0) is 22.5 Å². The number of hydrogen-bond acceptors (Lipinski definition) is 4. The molecule has 0 radical (unpaired) electrons. The molecule has 1 unspecified atom stereocenters. The summed E-state index contributed by atoms with van der Waals surface area (Å²) >= 11 is 0. The zero-order valence-electron chi connectivity index (χ0n) is 17.6. The number of morpholine rings is 1. The van der Waals surface area contributed by atoms with E-state index in [4.69, 9.17) is 4.74 Å². The Morgan fingerprint density at radius 2 is 1.94 bits per heavy atom. The van der Waals surface area contributed by atoms with Gasteiger partial charge >= 0.3 is 0 Å². The first kappa shape index (κ1) is 21.2. The third kappa shape index (κ3) is 4.98. The molecule has 1 saturated heterocycles. The van der Waals surface area contributed by atoms with Gasteiger partial charge in [0.2, 0.25) is 0 Å². The minimum absolute atomic E-state index is 0.150. The van der Waals surface area contributed by atoms with Crippen molar-refractivity contribution in [3.05, 3.63) is 90.0 Å². The summed E-state index contributed by atoms with van der Waals surface area (Å²) in [5.41, 5.74) is 2.96. The highest BCUT2D eigenvalue weighted by atomic mass is 19.1. The molecule has 1 amide bonds. The van der Waals surface area contributed by atoms with Gasteiger partial charge < -0.3 is 10.1 Å². The van der Waals surface area contributed by atoms with Gasteiger partial charge in [0.05, 0.1) is 6.61 Å². The largest absolute Gasteiger partial charge is 0.362 e. The molecule has 31 heavy (non-hydrogen) atoms. The summed E-state index contributed by atoms with van der Waals surface area (Å²) in [4.78, 5) is 19.3. The van der Waals surface area contributed by atoms with Crippen molar-refractivity contribution in [1.82, 2.24) is 15.2 Å². The first-order chi connectivity index (χ1) is 15.1. The number of nitrogens with zero attached hydrogens (tertiary/aromatic N) is 2. The third-order valence-electron chi connectivity index (χ3n) is 5.61. The van der Waals surface area contributed by atoms with Crippen LogP contribution in [0.3, 0.4) is 0 Å². The fourth-order valence-corrected chi connectivity index (χ4v) is 4.16. The van der Waals surface area contributed by atoms with Crippen LogP contribution in [0, 0.1) is 5.82 Å². The van der Waals surface area contributed by atoms with E-state index in [-0.39, 0.29) is 11.7 Å². The highest BCUT2D eigenvalue weighted by molar-refractivity contribution is 5.86. The Morgan fingerprint density at radius 3 is 2.71 bits per heavy atom. The lowest BCUT2D eigenvalue weighted by molar-refractivity contribution is -0.160. The predicted octanol–water partition coefficient (Wildman–Crippen LogP) is 3.45. The van der Waals surface area contributed by atoms with E-state index in [1.54, 1.807) is 19.3 Å². The first-order valence-electron chi connectivity index (χ1n) is 10.4. The summed E-state index contributed by atoms with van der Waals surface area (Å²) in [6.45, 7) is 2.12. The molecule has 5 nitrogen and oxygen atoms in total. The predicted molar refractivity (Wildman–Crippen MR) is 118 cm³/mol. The van der Waals surface area contributed by atoms with E-state index in [9.17, 15) is 9.18 Å². The van der Waals surface area contributed by atoms with Gasteiger partial charge in [0.1, 0.15) is 5.82 Å². The molecule has 1 fully saturated rings. The zero-order chi connectivity index (χ0) is 21.7. The Hall–Kier alpha value is -3.09. The normalized spacial score (nSPS) is 19.2. The van der Waals surface area contributed by atoms with Crippen molar-refractivity contribution in [3.8, 4) is 11.1 Å². The molecule has 2 aromatic carbocycles. The fourth-order valence-electron chi connectivity index (χ4n) is 4.16. The summed E-state index contributed by atoms with van der Waals surface area (Å²) < 4.78 is 19.7. The SMILES string of the molecule is CNC(=O)C1(Cc2cccc(-c3cccnc3)c2)CN(Cc2cccc(F)c2)CCO1. The van der Waals surface area contributed by atoms with Crippen LogP contribution in [0.1, 0.15) is 11.1 Å². The third-order valence-corrected chi connectivity index (χ3v) is 5.61. The van der Waals surface area contributed by atoms with Crippen LogP contribution in [0.5, 0.6) is 0 Å². The van der Waals surface area contributed by atoms with Gasteiger partial charge in [-0.05, 0) is 40.5 Å². The van der Waals surface area contributed by atoms with Crippen LogP contribution in [-0.4, -0.2) is 48.1 Å². The van der Waals surface area contributed by atoms with Gasteiger partial charge in [-0.3, -0.25) is 14.7 Å². The van der Waals surface area contributed by atoms with E-state index in [0.29, 0.717) is 32.7 Å². The zero-order valence-corrected chi connectivity index (χ0v) is 17.6. The molecule has 0 spiro atoms. The number of benzene rings is 2. The number of likely N-dealkylation sites (N-methyl/N-ethyl adjacent to an activating group) is 1. The molecule has 3 aromatic rings. The lowest BCUT2D eigenvalue weighted by Gasteiger charge is -2.41. The van der Waals surface area contributed by atoms with Gasteiger partial charge in [0.25, 0.3) is 5.91 Å². The van der Waals surface area contributed by atoms with Gasteiger partial charge in [-0.1, -0.05) is 42.5 Å². The molecule has 4 rings (SSSR count). The Labute approximate surface area is 181 Å². The lowest BCUT2D eigenvalue weighted by Crippen LogP contribution is -2.60. The second kappa shape index (κ2) is 9.37. The van der Waals surface area contributed by atoms with Crippen molar-refractivity contribution >= 4 is 5.91 Å². The number of amides is 1. The number of carbonyl (C=O) groups excluding carboxylic acids is 1. The molecule has 2 heterocycles. The molecule has 1 aromatic heterocycles. The van der Waals surface area contributed by atoms with Crippen LogP contribution < -0.4 is 5.32 Å². The number of carbonyl (C=O) groups is 1. The molecular weight excluding hydrogens is 393 g/mol. The Morgan fingerprint density at radius 1 is 1.13 bits per heavy atom. The summed E-state index contributed by atoms with van der Waals surface area (Å²) in [6, 6.07) is 18.6. The van der Waals surface area contributed by atoms with E-state index in [2.05, 4.69) is 21.3 Å². The van der Waals surface area contributed by atoms with E-state index in [0.717, 1.165) is 22.3 Å². The monoisotopic (exact) mass is 419 g/mol. The van der Waals surface area contributed by atoms with Crippen LogP contribution in [0.4, 0.5) is 4.39 Å². The fraction of sp³-hybridized carbons (Fsp3) is 0.280. The maximum absolute atomic E-state index is 13.6. The maximum atomic E-state index is 13.6. The second-order valence-electron chi connectivity index (χ2n) is 7.88. The molecule has 0 bridgehead atoms. The minimum Gasteiger partial charge on any atom is -0.362 e. The average molecular weight is 420 g/mol. The van der Waals surface area contributed by atoms with E-state index >= 15 is 0 Å². The summed E-state index contributed by atoms with van der Waals surface area (Å²) in [6.07, 6.45) is 4.02. The number of rotatable bonds is 6. The van der Waals surface area contributed by atoms with Gasteiger partial charge in [0.15, 0.2) is 5.60 Å². The van der Waals surface area contributed by atoms with Crippen molar-refractivity contribution in [2.75, 3.05) is 26.7 Å². The van der Waals surface area contributed by atoms with Crippen molar-refractivity contribution in [1.29, 1.82) is 0 Å². The van der Waals surface area contributed by atoms with Crippen LogP contribution in [0.15, 0.2) is 73.1 Å². The molecule has 6 heteroatoms. The van der Waals surface area contributed by atoms with Gasteiger partial charge in [-0.15, -0.1) is 0 Å². The first-order valence-corrected chi connectivity index (χ1v) is 10.4. The van der Waals surface area contributed by atoms with E-state index < -0.39 is 5.60 Å². The number of aromatic nitrogens is 1. The summed E-state index contributed by atoms with van der Waals surface area (Å²) in [7, 11) is 1.63. The minimum atomic E-state index is -1.01. The van der Waals surface area contributed by atoms with Crippen molar-refractivity contribution in [3.63, 3.8) is 0 Å². The van der Waals surface area contributed by atoms with Crippen LogP contribution >= 0.6 is 0 Å². The van der Waals surface area contributed by atoms with Crippen molar-refractivity contribution in [2.24, 2.45) is 0 Å². The van der Waals surface area contributed by atoms with E-state index in [1.165, 1.54) is 12.1 Å². The molecule has 0 aliphatic carbocycles. The second-order valence-corrected chi connectivity index (χ2v) is 7.88. The number of halogens is 1. The number of ether oxygens (including phenoxy) is 1. The number of nitrogens with one attached hydrogen (secondary N) is 1. The maximum Gasteiger partial charge on any atom is 0.253 e. The Balaban J connectivity index is 1.57. The molecular formula is C25H26FN3O2. The molecule has 1 aliphatic heterocycles. The molecule has 0 saturated carbocycles. The standard InChI is InChI=1S/C25H26FN3O2/c1-27-24(30)25(15-19-5-2-7-21(13-19)22-8-4-10-28-16-22)18-29(11-12-31-25)17-20-6-3-9-23(26)14-20/h2-10,13-14,16H,11-12,15,17-18H2,1H3,(H,27,30). The van der Waals surface area contributed by atoms with Gasteiger partial charge in [-0.25, -0.2) is 4.39 Å². The molecule has 160 valence electrons. The van der Waals surface area contributed by atoms with Gasteiger partial charge in [-0.2, -0.15) is 0 Å². The van der Waals surface area contributed by atoms with E-state index in [1.807, 2.05) is 42.6 Å². The molecule has 1 N–H and O–H groups in total. The number of hydrogen-bond donors (Lipinski definition) is 1. The Bertz CT molecular complexity index is 1040. The van der Waals surface area contributed by atoms with Crippen molar-refractivity contribution in [2.45, 2.75) is 18.6 Å². The Kier molecular flexibility index (Phi) is 6.39. The number of pyridine rings is 1. The highest BCUT2D eigenvalue weighted by Crippen LogP contribution is 2.27. The average Bonchev–Trinajstić information content (AvgIpc) is 2.79. The molecule has 1 aliphatic rings. The topological polar surface area (TPSA) is 54.5 Å². The molecule has 1 atom stereocenters. The lowest BCUT2D eigenvalue weighted by atomic mass is 9.90. The van der Waals surface area contributed by atoms with Crippen LogP contribution in [0.25, 0.3) is 11.1 Å². The summed E-state index contributed by atoms with van der Waals surface area (Å²) in [5, 5.41) is 2.78. The smallest absolute Gasteiger partial charge is 0.253 e. The van der Waals surface area contributed by atoms with Crippen LogP contribution in [0.2, 0.25) is 0 Å². The van der Waals surface area contributed by atoms with Crippen molar-refractivity contribution < 1.29 is 13.9 Å². The summed E-state index contributed by atoms with van der Waals surface area (Å²) in [5.74, 6) is -0.404. The highest BCUT2D eigenvalue weighted by Gasteiger charge is 2.43. The van der Waals surface area contributed by atoms with Gasteiger partial charge in [0, 0.05) is 45.5 Å².